The summed E-state index contributed by atoms with van der Waals surface area (Å²) < 4.78 is 15.7. The van der Waals surface area contributed by atoms with Crippen LogP contribution < -0.4 is 19.8 Å². The molecule has 0 fully saturated rings. The number of halogens is 2. The first-order valence-electron chi connectivity index (χ1n) is 7.62. The second kappa shape index (κ2) is 6.46. The van der Waals surface area contributed by atoms with Crippen molar-refractivity contribution in [1.82, 2.24) is 4.57 Å². The average molecular weight is 374 g/mol. The van der Waals surface area contributed by atoms with Gasteiger partial charge in [-0.15, -0.1) is 0 Å². The minimum absolute atomic E-state index is 0.0974. The first-order chi connectivity index (χ1) is 12.1. The van der Waals surface area contributed by atoms with Crippen molar-refractivity contribution < 1.29 is 4.39 Å². The van der Waals surface area contributed by atoms with E-state index in [0.29, 0.717) is 33.4 Å². The van der Waals surface area contributed by atoms with Crippen LogP contribution in [0.2, 0.25) is 5.02 Å². The predicted octanol–water partition coefficient (Wildman–Crippen LogP) is 2.59. The van der Waals surface area contributed by atoms with Crippen LogP contribution in [-0.4, -0.2) is 11.2 Å². The fraction of sp³-hybridized carbons (Fsp3) is 0.111. The molecule has 0 saturated carbocycles. The van der Waals surface area contributed by atoms with Crippen LogP contribution in [0.5, 0.6) is 0 Å². The summed E-state index contributed by atoms with van der Waals surface area (Å²) in [6.07, 6.45) is 1.83. The maximum atomic E-state index is 13.4. The number of rotatable bonds is 2. The molecule has 0 unspecified atom stereocenters. The van der Waals surface area contributed by atoms with Crippen LogP contribution in [0.4, 0.5) is 10.1 Å². The van der Waals surface area contributed by atoms with Crippen molar-refractivity contribution in [2.24, 2.45) is 4.99 Å². The lowest BCUT2D eigenvalue weighted by molar-refractivity contribution is 0.565. The molecule has 2 aromatic carbocycles. The van der Waals surface area contributed by atoms with Gasteiger partial charge in [-0.25, -0.2) is 9.38 Å². The molecule has 4 nitrogen and oxygen atoms in total. The van der Waals surface area contributed by atoms with Gasteiger partial charge < -0.3 is 4.90 Å². The standard InChI is InChI=1S/C18H13ClFN3OS/c19-13-6-4-12(5-7-13)8-16-17(24)23-11-22(10-21-18(23)25-16)15-3-1-2-14(20)9-15/h1-9H,10-11H2/b16-8-. The third-order valence-corrected chi connectivity index (χ3v) is 5.21. The van der Waals surface area contributed by atoms with E-state index in [1.807, 2.05) is 29.2 Å². The Hall–Kier alpha value is -2.44. The van der Waals surface area contributed by atoms with Crippen molar-refractivity contribution in [2.45, 2.75) is 6.67 Å². The van der Waals surface area contributed by atoms with Gasteiger partial charge >= 0.3 is 0 Å². The summed E-state index contributed by atoms with van der Waals surface area (Å²) in [6, 6.07) is 13.6. The van der Waals surface area contributed by atoms with Crippen molar-refractivity contribution in [3.8, 4) is 0 Å². The fourth-order valence-electron chi connectivity index (χ4n) is 2.66. The monoisotopic (exact) mass is 373 g/mol. The Kier molecular flexibility index (Phi) is 4.15. The van der Waals surface area contributed by atoms with Gasteiger partial charge in [0.25, 0.3) is 5.56 Å². The molecule has 7 heteroatoms. The normalized spacial score (nSPS) is 14.3. The molecule has 1 aromatic heterocycles. The molecule has 1 aliphatic rings. The first kappa shape index (κ1) is 16.1. The van der Waals surface area contributed by atoms with E-state index in [0.717, 1.165) is 5.56 Å². The molecule has 126 valence electrons. The summed E-state index contributed by atoms with van der Waals surface area (Å²) in [7, 11) is 0. The van der Waals surface area contributed by atoms with Gasteiger partial charge in [-0.1, -0.05) is 41.1 Å². The maximum absolute atomic E-state index is 13.4. The molecule has 0 bridgehead atoms. The number of thiazole rings is 1. The molecule has 0 N–H and O–H groups in total. The highest BCUT2D eigenvalue weighted by molar-refractivity contribution is 7.07. The smallest absolute Gasteiger partial charge is 0.271 e. The lowest BCUT2D eigenvalue weighted by atomic mass is 10.2. The molecule has 25 heavy (non-hydrogen) atoms. The number of fused-ring (bicyclic) bond motifs is 1. The topological polar surface area (TPSA) is 37.6 Å². The Balaban J connectivity index is 1.71. The summed E-state index contributed by atoms with van der Waals surface area (Å²) in [5.74, 6) is -0.308. The Bertz CT molecular complexity index is 1100. The van der Waals surface area contributed by atoms with E-state index in [4.69, 9.17) is 11.6 Å². The van der Waals surface area contributed by atoms with Gasteiger partial charge in [0.2, 0.25) is 0 Å². The molecule has 0 spiro atoms. The van der Waals surface area contributed by atoms with Gasteiger partial charge in [-0.3, -0.25) is 9.36 Å². The molecular weight excluding hydrogens is 361 g/mol. The molecule has 0 radical (unpaired) electrons. The van der Waals surface area contributed by atoms with Crippen LogP contribution in [0.25, 0.3) is 6.08 Å². The molecule has 1 aliphatic heterocycles. The Labute approximate surface area is 151 Å². The Morgan fingerprint density at radius 1 is 1.20 bits per heavy atom. The van der Waals surface area contributed by atoms with Crippen LogP contribution >= 0.6 is 22.9 Å². The van der Waals surface area contributed by atoms with Crippen molar-refractivity contribution in [1.29, 1.82) is 0 Å². The molecule has 0 aliphatic carbocycles. The number of hydrogen-bond donors (Lipinski definition) is 0. The predicted molar refractivity (Wildman–Crippen MR) is 98.1 cm³/mol. The molecule has 0 amide bonds. The van der Waals surface area contributed by atoms with Gasteiger partial charge in [0.05, 0.1) is 4.53 Å². The summed E-state index contributed by atoms with van der Waals surface area (Å²) in [4.78, 5) is 19.7. The van der Waals surface area contributed by atoms with Gasteiger partial charge in [-0.05, 0) is 42.0 Å². The van der Waals surface area contributed by atoms with Gasteiger partial charge in [0.15, 0.2) is 4.80 Å². The van der Waals surface area contributed by atoms with Crippen LogP contribution in [-0.2, 0) is 6.67 Å². The van der Waals surface area contributed by atoms with Crippen molar-refractivity contribution in [3.05, 3.63) is 84.6 Å². The average Bonchev–Trinajstić information content (AvgIpc) is 2.92. The zero-order chi connectivity index (χ0) is 17.4. The Morgan fingerprint density at radius 3 is 2.76 bits per heavy atom. The summed E-state index contributed by atoms with van der Waals surface area (Å²) >= 11 is 7.25. The number of aromatic nitrogens is 1. The van der Waals surface area contributed by atoms with Crippen molar-refractivity contribution in [2.75, 3.05) is 11.6 Å². The zero-order valence-electron chi connectivity index (χ0n) is 13.0. The highest BCUT2D eigenvalue weighted by Gasteiger charge is 2.16. The van der Waals surface area contributed by atoms with Crippen LogP contribution in [0.15, 0.2) is 58.3 Å². The number of benzene rings is 2. The van der Waals surface area contributed by atoms with E-state index in [9.17, 15) is 9.18 Å². The van der Waals surface area contributed by atoms with Gasteiger partial charge in [-0.2, -0.15) is 0 Å². The third kappa shape index (κ3) is 3.23. The lowest BCUT2D eigenvalue weighted by Crippen LogP contribution is -2.42. The Morgan fingerprint density at radius 2 is 2.00 bits per heavy atom. The van der Waals surface area contributed by atoms with E-state index < -0.39 is 0 Å². The summed E-state index contributed by atoms with van der Waals surface area (Å²) in [6.45, 7) is 0.746. The first-order valence-corrected chi connectivity index (χ1v) is 8.81. The highest BCUT2D eigenvalue weighted by Crippen LogP contribution is 2.16. The molecule has 3 aromatic rings. The van der Waals surface area contributed by atoms with Crippen LogP contribution in [0, 0.1) is 5.82 Å². The number of anilines is 1. The minimum Gasteiger partial charge on any atom is -0.333 e. The fourth-order valence-corrected chi connectivity index (χ4v) is 3.75. The SMILES string of the molecule is O=c1/c(=C/c2ccc(Cl)cc2)sc2n1CN(c1cccc(F)c1)CN=2. The van der Waals surface area contributed by atoms with Crippen molar-refractivity contribution >= 4 is 34.7 Å². The van der Waals surface area contributed by atoms with Gasteiger partial charge in [0, 0.05) is 10.7 Å². The third-order valence-electron chi connectivity index (χ3n) is 3.92. The quantitative estimate of drug-likeness (QED) is 0.692. The highest BCUT2D eigenvalue weighted by atomic mass is 35.5. The second-order valence-electron chi connectivity index (χ2n) is 5.64. The summed E-state index contributed by atoms with van der Waals surface area (Å²) in [5, 5.41) is 0.653. The lowest BCUT2D eigenvalue weighted by Gasteiger charge is -2.25. The minimum atomic E-state index is -0.308. The second-order valence-corrected chi connectivity index (χ2v) is 7.08. The molecule has 0 atom stereocenters. The molecule has 4 rings (SSSR count). The van der Waals surface area contributed by atoms with E-state index >= 15 is 0 Å². The van der Waals surface area contributed by atoms with Crippen LogP contribution in [0.3, 0.4) is 0 Å². The number of nitrogens with zero attached hydrogens (tertiary/aromatic N) is 3. The maximum Gasteiger partial charge on any atom is 0.271 e. The van der Waals surface area contributed by atoms with E-state index in [1.54, 1.807) is 22.8 Å². The zero-order valence-corrected chi connectivity index (χ0v) is 14.6. The van der Waals surface area contributed by atoms with E-state index in [2.05, 4.69) is 4.99 Å². The molecule has 2 heterocycles. The van der Waals surface area contributed by atoms with E-state index in [-0.39, 0.29) is 11.4 Å². The van der Waals surface area contributed by atoms with Gasteiger partial charge in [0.1, 0.15) is 19.2 Å². The van der Waals surface area contributed by atoms with E-state index in [1.165, 1.54) is 23.5 Å². The molecular formula is C18H13ClFN3OS. The number of hydrogen-bond acceptors (Lipinski definition) is 4. The molecule has 0 saturated heterocycles. The van der Waals surface area contributed by atoms with Crippen LogP contribution in [0.1, 0.15) is 5.56 Å². The summed E-state index contributed by atoms with van der Waals surface area (Å²) in [5.41, 5.74) is 1.51. The largest absolute Gasteiger partial charge is 0.333 e. The van der Waals surface area contributed by atoms with Crippen molar-refractivity contribution in [3.63, 3.8) is 0 Å².